The molecule has 2 N–H and O–H groups in total. The van der Waals surface area contributed by atoms with Crippen LogP contribution in [0.1, 0.15) is 36.3 Å². The molecular formula is C21H26N4O6. The van der Waals surface area contributed by atoms with Gasteiger partial charge in [-0.15, -0.1) is 0 Å². The van der Waals surface area contributed by atoms with Gasteiger partial charge in [-0.1, -0.05) is 26.0 Å². The highest BCUT2D eigenvalue weighted by Crippen LogP contribution is 2.18. The topological polar surface area (TPSA) is 133 Å². The number of rotatable bonds is 9. The Bertz CT molecular complexity index is 982. The second kappa shape index (κ2) is 10.4. The molecule has 0 fully saturated rings. The second-order valence-electron chi connectivity index (χ2n) is 7.56. The number of hydrogen-bond donors (Lipinski definition) is 2. The average molecular weight is 430 g/mol. The summed E-state index contributed by atoms with van der Waals surface area (Å²) in [5.74, 6) is -1.17. The number of nitrogens with zero attached hydrogens (tertiary/aromatic N) is 2. The van der Waals surface area contributed by atoms with Gasteiger partial charge >= 0.3 is 5.97 Å². The Hall–Kier alpha value is -3.69. The van der Waals surface area contributed by atoms with E-state index in [0.29, 0.717) is 17.7 Å². The van der Waals surface area contributed by atoms with E-state index in [-0.39, 0.29) is 29.6 Å². The average Bonchev–Trinajstić information content (AvgIpc) is 3.09. The lowest BCUT2D eigenvalue weighted by atomic mass is 10.0. The van der Waals surface area contributed by atoms with E-state index in [1.807, 2.05) is 13.8 Å². The lowest BCUT2D eigenvalue weighted by Gasteiger charge is -2.18. The van der Waals surface area contributed by atoms with Crippen molar-refractivity contribution in [1.29, 1.82) is 0 Å². The minimum Gasteiger partial charge on any atom is -0.467 e. The molecule has 0 bridgehead atoms. The first-order valence-corrected chi connectivity index (χ1v) is 9.69. The van der Waals surface area contributed by atoms with Crippen molar-refractivity contribution in [3.63, 3.8) is 0 Å². The summed E-state index contributed by atoms with van der Waals surface area (Å²) < 4.78 is 6.12. The first kappa shape index (κ1) is 23.6. The Balaban J connectivity index is 2.06. The molecule has 10 nitrogen and oxygen atoms in total. The predicted octanol–water partition coefficient (Wildman–Crippen LogP) is 2.43. The zero-order valence-corrected chi connectivity index (χ0v) is 17.9. The predicted molar refractivity (Wildman–Crippen MR) is 114 cm³/mol. The molecule has 0 radical (unpaired) electrons. The van der Waals surface area contributed by atoms with Crippen molar-refractivity contribution in [3.05, 3.63) is 57.9 Å². The molecule has 1 atom stereocenters. The summed E-state index contributed by atoms with van der Waals surface area (Å²) in [5.41, 5.74) is 1.01. The van der Waals surface area contributed by atoms with Crippen molar-refractivity contribution in [2.24, 2.45) is 13.0 Å². The Kier molecular flexibility index (Phi) is 7.89. The number of benzene rings is 1. The van der Waals surface area contributed by atoms with Gasteiger partial charge in [-0.05, 0) is 30.0 Å². The third-order valence-electron chi connectivity index (χ3n) is 4.51. The summed E-state index contributed by atoms with van der Waals surface area (Å²) in [7, 11) is 2.81. The van der Waals surface area contributed by atoms with Gasteiger partial charge in [-0.3, -0.25) is 19.7 Å². The van der Waals surface area contributed by atoms with Crippen molar-refractivity contribution >= 4 is 29.2 Å². The molecule has 0 saturated carbocycles. The number of ether oxygens (including phenoxy) is 1. The number of amides is 2. The monoisotopic (exact) mass is 430 g/mol. The summed E-state index contributed by atoms with van der Waals surface area (Å²) in [4.78, 5) is 47.1. The highest BCUT2D eigenvalue weighted by Gasteiger charge is 2.23. The van der Waals surface area contributed by atoms with Gasteiger partial charge < -0.3 is 19.9 Å². The lowest BCUT2D eigenvalue weighted by molar-refractivity contribution is -0.384. The zero-order valence-electron chi connectivity index (χ0n) is 17.9. The molecule has 0 aliphatic heterocycles. The van der Waals surface area contributed by atoms with Gasteiger partial charge in [-0.2, -0.15) is 0 Å². The van der Waals surface area contributed by atoms with E-state index in [2.05, 4.69) is 10.6 Å². The SMILES string of the molecule is COC(=O)[C@H](CC(C)C)NC(=O)Cc1cccc(NC(=O)c2cc([N+](=O)[O-])cn2C)c1. The number of methoxy groups -OCH3 is 1. The molecule has 0 aliphatic carbocycles. The molecule has 31 heavy (non-hydrogen) atoms. The van der Waals surface area contributed by atoms with Crippen LogP contribution in [0, 0.1) is 16.0 Å². The van der Waals surface area contributed by atoms with Crippen LogP contribution in [-0.4, -0.2) is 40.4 Å². The summed E-state index contributed by atoms with van der Waals surface area (Å²) in [6.45, 7) is 3.88. The summed E-state index contributed by atoms with van der Waals surface area (Å²) in [6, 6.07) is 7.13. The second-order valence-corrected chi connectivity index (χ2v) is 7.56. The van der Waals surface area contributed by atoms with Crippen molar-refractivity contribution in [2.75, 3.05) is 12.4 Å². The van der Waals surface area contributed by atoms with Crippen LogP contribution in [0.15, 0.2) is 36.5 Å². The van der Waals surface area contributed by atoms with Crippen LogP contribution in [0.25, 0.3) is 0 Å². The molecule has 1 aromatic heterocycles. The number of carbonyl (C=O) groups is 3. The minimum absolute atomic E-state index is 0.00489. The first-order chi connectivity index (χ1) is 14.6. The maximum Gasteiger partial charge on any atom is 0.328 e. The molecule has 0 aliphatic rings. The number of aryl methyl sites for hydroxylation is 1. The number of nitrogens with one attached hydrogen (secondary N) is 2. The Morgan fingerprint density at radius 2 is 1.94 bits per heavy atom. The maximum atomic E-state index is 12.5. The Morgan fingerprint density at radius 3 is 2.52 bits per heavy atom. The molecule has 0 saturated heterocycles. The molecule has 166 valence electrons. The molecule has 1 heterocycles. The van der Waals surface area contributed by atoms with Crippen LogP contribution in [0.2, 0.25) is 0 Å². The normalized spacial score (nSPS) is 11.6. The molecule has 10 heteroatoms. The van der Waals surface area contributed by atoms with Gasteiger partial charge in [0.05, 0.1) is 24.7 Å². The van der Waals surface area contributed by atoms with Crippen LogP contribution < -0.4 is 10.6 Å². The third kappa shape index (κ3) is 6.66. The fraction of sp³-hybridized carbons (Fsp3) is 0.381. The maximum absolute atomic E-state index is 12.5. The molecule has 1 aromatic carbocycles. The van der Waals surface area contributed by atoms with Crippen molar-refractivity contribution in [1.82, 2.24) is 9.88 Å². The van der Waals surface area contributed by atoms with Gasteiger partial charge in [0, 0.05) is 18.8 Å². The largest absolute Gasteiger partial charge is 0.467 e. The van der Waals surface area contributed by atoms with Crippen LogP contribution in [0.5, 0.6) is 0 Å². The fourth-order valence-corrected chi connectivity index (χ4v) is 3.09. The Labute approximate surface area is 179 Å². The first-order valence-electron chi connectivity index (χ1n) is 9.69. The molecule has 2 rings (SSSR count). The minimum atomic E-state index is -0.728. The molecule has 2 amide bonds. The molecular weight excluding hydrogens is 404 g/mol. The van der Waals surface area contributed by atoms with E-state index < -0.39 is 22.8 Å². The van der Waals surface area contributed by atoms with E-state index in [4.69, 9.17) is 4.74 Å². The zero-order chi connectivity index (χ0) is 23.1. The number of hydrogen-bond acceptors (Lipinski definition) is 6. The van der Waals surface area contributed by atoms with Gasteiger partial charge in [0.15, 0.2) is 0 Å². The number of nitro groups is 1. The Morgan fingerprint density at radius 1 is 1.23 bits per heavy atom. The number of aromatic nitrogens is 1. The van der Waals surface area contributed by atoms with Crippen molar-refractivity contribution in [2.45, 2.75) is 32.7 Å². The third-order valence-corrected chi connectivity index (χ3v) is 4.51. The van der Waals surface area contributed by atoms with Crippen molar-refractivity contribution in [3.8, 4) is 0 Å². The quantitative estimate of drug-likeness (QED) is 0.357. The standard InChI is InChI=1S/C21H26N4O6/c1-13(2)8-17(21(28)31-4)23-19(26)10-14-6-5-7-15(9-14)22-20(27)18-11-16(25(29)30)12-24(18)3/h5-7,9,11-13,17H,8,10H2,1-4H3,(H,22,27)(H,23,26)/t17-/m0/s1. The lowest BCUT2D eigenvalue weighted by Crippen LogP contribution is -2.43. The highest BCUT2D eigenvalue weighted by molar-refractivity contribution is 6.03. The van der Waals surface area contributed by atoms with Crippen LogP contribution in [0.3, 0.4) is 0 Å². The number of anilines is 1. The van der Waals surface area contributed by atoms with E-state index in [1.54, 1.807) is 24.3 Å². The molecule has 0 spiro atoms. The summed E-state index contributed by atoms with van der Waals surface area (Å²) in [6.07, 6.45) is 1.72. The summed E-state index contributed by atoms with van der Waals surface area (Å²) >= 11 is 0. The van der Waals surface area contributed by atoms with Gasteiger partial charge in [0.25, 0.3) is 11.6 Å². The van der Waals surface area contributed by atoms with Gasteiger partial charge in [0.2, 0.25) is 5.91 Å². The fourth-order valence-electron chi connectivity index (χ4n) is 3.09. The number of esters is 1. The van der Waals surface area contributed by atoms with E-state index >= 15 is 0 Å². The van der Waals surface area contributed by atoms with E-state index in [9.17, 15) is 24.5 Å². The van der Waals surface area contributed by atoms with Crippen molar-refractivity contribution < 1.29 is 24.0 Å². The van der Waals surface area contributed by atoms with Crippen LogP contribution in [-0.2, 0) is 27.8 Å². The molecule has 0 unspecified atom stereocenters. The summed E-state index contributed by atoms with van der Waals surface area (Å²) in [5, 5.41) is 16.2. The smallest absolute Gasteiger partial charge is 0.328 e. The highest BCUT2D eigenvalue weighted by atomic mass is 16.6. The van der Waals surface area contributed by atoms with Crippen LogP contribution in [0.4, 0.5) is 11.4 Å². The van der Waals surface area contributed by atoms with Gasteiger partial charge in [-0.25, -0.2) is 4.79 Å². The van der Waals surface area contributed by atoms with Gasteiger partial charge in [0.1, 0.15) is 11.7 Å². The van der Waals surface area contributed by atoms with Crippen LogP contribution >= 0.6 is 0 Å². The van der Waals surface area contributed by atoms with E-state index in [0.717, 1.165) is 0 Å². The molecule has 2 aromatic rings. The van der Waals surface area contributed by atoms with E-state index in [1.165, 1.54) is 31.0 Å². The number of carbonyl (C=O) groups excluding carboxylic acids is 3.